The minimum absolute atomic E-state index is 0.772. The molecule has 0 aliphatic carbocycles. The maximum Gasteiger partial charge on any atom is 0.119 e. The maximum absolute atomic E-state index is 5.75. The van der Waals surface area contributed by atoms with Crippen molar-refractivity contribution in [2.45, 2.75) is 65.2 Å². The smallest absolute Gasteiger partial charge is 0.119 e. The Labute approximate surface area is 170 Å². The topological polar surface area (TPSA) is 43.2 Å². The quantitative estimate of drug-likeness (QED) is 0.245. The highest BCUT2D eigenvalue weighted by atomic mass is 16.5. The molecule has 0 heterocycles. The summed E-state index contributed by atoms with van der Waals surface area (Å²) < 4.78 is 11.5. The van der Waals surface area contributed by atoms with E-state index < -0.39 is 0 Å². The van der Waals surface area contributed by atoms with Gasteiger partial charge in [-0.2, -0.15) is 10.2 Å². The number of azo groups is 1. The highest BCUT2D eigenvalue weighted by Gasteiger charge is 1.97. The van der Waals surface area contributed by atoms with E-state index in [2.05, 4.69) is 24.1 Å². The highest BCUT2D eigenvalue weighted by molar-refractivity contribution is 5.44. The zero-order chi connectivity index (χ0) is 19.9. The highest BCUT2D eigenvalue weighted by Crippen LogP contribution is 2.23. The number of hydrogen-bond donors (Lipinski definition) is 0. The molecule has 0 aliphatic rings. The van der Waals surface area contributed by atoms with Crippen molar-refractivity contribution in [3.63, 3.8) is 0 Å². The average molecular weight is 383 g/mol. The average Bonchev–Trinajstić information content (AvgIpc) is 2.74. The van der Waals surface area contributed by atoms with Gasteiger partial charge in [-0.1, -0.05) is 52.4 Å². The van der Waals surface area contributed by atoms with E-state index >= 15 is 0 Å². The summed E-state index contributed by atoms with van der Waals surface area (Å²) in [5, 5.41) is 8.59. The van der Waals surface area contributed by atoms with Crippen molar-refractivity contribution >= 4 is 11.4 Å². The van der Waals surface area contributed by atoms with Crippen molar-refractivity contribution in [2.75, 3.05) is 13.2 Å². The van der Waals surface area contributed by atoms with Crippen LogP contribution in [0, 0.1) is 0 Å². The Hall–Kier alpha value is -2.36. The van der Waals surface area contributed by atoms with E-state index in [9.17, 15) is 0 Å². The van der Waals surface area contributed by atoms with Crippen LogP contribution in [0.3, 0.4) is 0 Å². The molecule has 0 N–H and O–H groups in total. The summed E-state index contributed by atoms with van der Waals surface area (Å²) in [5.41, 5.74) is 1.63. The number of benzene rings is 2. The van der Waals surface area contributed by atoms with Crippen molar-refractivity contribution < 1.29 is 9.47 Å². The minimum Gasteiger partial charge on any atom is -0.494 e. The molecule has 4 heteroatoms. The third-order valence-corrected chi connectivity index (χ3v) is 4.49. The van der Waals surface area contributed by atoms with Crippen LogP contribution >= 0.6 is 0 Å². The summed E-state index contributed by atoms with van der Waals surface area (Å²) >= 11 is 0. The number of hydrogen-bond acceptors (Lipinski definition) is 4. The molecule has 28 heavy (non-hydrogen) atoms. The van der Waals surface area contributed by atoms with Crippen LogP contribution in [0.25, 0.3) is 0 Å². The van der Waals surface area contributed by atoms with Crippen molar-refractivity contribution in [3.05, 3.63) is 48.5 Å². The first-order chi connectivity index (χ1) is 13.8. The number of unbranched alkanes of at least 4 members (excludes halogenated alkanes) is 6. The Kier molecular flexibility index (Phi) is 10.8. The summed E-state index contributed by atoms with van der Waals surface area (Å²) in [7, 11) is 0. The van der Waals surface area contributed by atoms with E-state index in [1.54, 1.807) is 0 Å². The van der Waals surface area contributed by atoms with E-state index in [-0.39, 0.29) is 0 Å². The molecule has 4 nitrogen and oxygen atoms in total. The summed E-state index contributed by atoms with van der Waals surface area (Å²) in [6, 6.07) is 15.5. The fraction of sp³-hybridized carbons (Fsp3) is 0.500. The van der Waals surface area contributed by atoms with Crippen LogP contribution in [0.5, 0.6) is 11.5 Å². The first kappa shape index (κ1) is 21.9. The Morgan fingerprint density at radius 1 is 0.536 bits per heavy atom. The molecule has 0 spiro atoms. The molecule has 0 atom stereocenters. The second kappa shape index (κ2) is 13.8. The van der Waals surface area contributed by atoms with Crippen LogP contribution in [0.15, 0.2) is 58.8 Å². The zero-order valence-electron chi connectivity index (χ0n) is 17.4. The molecule has 0 unspecified atom stereocenters. The lowest BCUT2D eigenvalue weighted by atomic mass is 10.2. The molecule has 2 aromatic rings. The lowest BCUT2D eigenvalue weighted by Gasteiger charge is -2.06. The van der Waals surface area contributed by atoms with Gasteiger partial charge in [0, 0.05) is 0 Å². The van der Waals surface area contributed by atoms with Crippen LogP contribution < -0.4 is 9.47 Å². The molecule has 2 rings (SSSR count). The summed E-state index contributed by atoms with van der Waals surface area (Å²) in [6.07, 6.45) is 9.70. The van der Waals surface area contributed by atoms with Gasteiger partial charge in [0.15, 0.2) is 0 Å². The van der Waals surface area contributed by atoms with E-state index in [0.717, 1.165) is 48.9 Å². The van der Waals surface area contributed by atoms with Gasteiger partial charge >= 0.3 is 0 Å². The van der Waals surface area contributed by atoms with Crippen molar-refractivity contribution in [3.8, 4) is 11.5 Å². The number of ether oxygens (including phenoxy) is 2. The summed E-state index contributed by atoms with van der Waals surface area (Å²) in [5.74, 6) is 1.77. The van der Waals surface area contributed by atoms with Gasteiger partial charge in [0.1, 0.15) is 11.5 Å². The third-order valence-electron chi connectivity index (χ3n) is 4.49. The van der Waals surface area contributed by atoms with Crippen LogP contribution in [0.2, 0.25) is 0 Å². The second-order valence-electron chi connectivity index (χ2n) is 7.01. The van der Waals surface area contributed by atoms with Crippen molar-refractivity contribution in [1.82, 2.24) is 0 Å². The van der Waals surface area contributed by atoms with E-state index in [1.807, 2.05) is 48.5 Å². The van der Waals surface area contributed by atoms with Gasteiger partial charge in [-0.25, -0.2) is 0 Å². The first-order valence-electron chi connectivity index (χ1n) is 10.7. The first-order valence-corrected chi connectivity index (χ1v) is 10.7. The monoisotopic (exact) mass is 382 g/mol. The van der Waals surface area contributed by atoms with Crippen molar-refractivity contribution in [2.24, 2.45) is 10.2 Å². The Morgan fingerprint density at radius 2 is 0.929 bits per heavy atom. The number of rotatable bonds is 14. The predicted molar refractivity (Wildman–Crippen MR) is 116 cm³/mol. The van der Waals surface area contributed by atoms with Gasteiger partial charge in [-0.15, -0.1) is 0 Å². The van der Waals surface area contributed by atoms with Gasteiger partial charge < -0.3 is 9.47 Å². The molecular weight excluding hydrogens is 348 g/mol. The molecule has 0 aliphatic heterocycles. The molecule has 0 saturated heterocycles. The molecule has 0 aromatic heterocycles. The third kappa shape index (κ3) is 9.03. The fourth-order valence-corrected chi connectivity index (χ4v) is 2.77. The Balaban J connectivity index is 1.73. The van der Waals surface area contributed by atoms with Crippen LogP contribution in [0.1, 0.15) is 65.2 Å². The largest absolute Gasteiger partial charge is 0.494 e. The van der Waals surface area contributed by atoms with Gasteiger partial charge in [-0.3, -0.25) is 0 Å². The van der Waals surface area contributed by atoms with Crippen LogP contribution in [0.4, 0.5) is 11.4 Å². The molecule has 0 bridgehead atoms. The SMILES string of the molecule is CCCCCCOc1ccc(N=Nc2ccc(OCCCCCC)cc2)cc1. The second-order valence-corrected chi connectivity index (χ2v) is 7.01. The van der Waals surface area contributed by atoms with Gasteiger partial charge in [0.05, 0.1) is 24.6 Å². The molecule has 0 fully saturated rings. The van der Waals surface area contributed by atoms with Crippen LogP contribution in [-0.4, -0.2) is 13.2 Å². The minimum atomic E-state index is 0.772. The van der Waals surface area contributed by atoms with E-state index in [4.69, 9.17) is 9.47 Å². The molecule has 0 amide bonds. The Bertz CT molecular complexity index is 607. The lowest BCUT2D eigenvalue weighted by molar-refractivity contribution is 0.305. The fourth-order valence-electron chi connectivity index (χ4n) is 2.77. The van der Waals surface area contributed by atoms with E-state index in [0.29, 0.717) is 0 Å². The summed E-state index contributed by atoms with van der Waals surface area (Å²) in [4.78, 5) is 0. The summed E-state index contributed by atoms with van der Waals surface area (Å²) in [6.45, 7) is 5.97. The zero-order valence-corrected chi connectivity index (χ0v) is 17.4. The Morgan fingerprint density at radius 3 is 1.29 bits per heavy atom. The van der Waals surface area contributed by atoms with Crippen molar-refractivity contribution in [1.29, 1.82) is 0 Å². The molecule has 0 saturated carbocycles. The van der Waals surface area contributed by atoms with Crippen LogP contribution in [-0.2, 0) is 0 Å². The van der Waals surface area contributed by atoms with E-state index in [1.165, 1.54) is 38.5 Å². The molecular formula is C24H34N2O2. The lowest BCUT2D eigenvalue weighted by Crippen LogP contribution is -1.96. The standard InChI is InChI=1S/C24H34N2O2/c1-3-5-7-9-19-27-23-15-11-21(12-16-23)25-26-22-13-17-24(18-14-22)28-20-10-8-6-4-2/h11-18H,3-10,19-20H2,1-2H3. The van der Waals surface area contributed by atoms with Gasteiger partial charge in [0.25, 0.3) is 0 Å². The normalized spacial score (nSPS) is 11.1. The maximum atomic E-state index is 5.75. The molecule has 0 radical (unpaired) electrons. The number of nitrogens with zero attached hydrogens (tertiary/aromatic N) is 2. The van der Waals surface area contributed by atoms with Gasteiger partial charge in [0.2, 0.25) is 0 Å². The predicted octanol–water partition coefficient (Wildman–Crippen LogP) is 8.02. The molecule has 2 aromatic carbocycles. The molecule has 152 valence electrons. The van der Waals surface area contributed by atoms with Gasteiger partial charge in [-0.05, 0) is 61.4 Å².